The van der Waals surface area contributed by atoms with Crippen molar-refractivity contribution in [2.75, 3.05) is 40.0 Å². The first-order chi connectivity index (χ1) is 12.9. The zero-order valence-corrected chi connectivity index (χ0v) is 16.8. The second kappa shape index (κ2) is 6.92. The topological polar surface area (TPSA) is 67.7 Å². The molecule has 2 aromatic rings. The largest absolute Gasteiger partial charge is 0.497 e. The standard InChI is InChI=1S/C19H26N4O3S/c1-21(2)17-13-27(24,25)18-11-22(10-16(17)18)12-19-20-8-9-23(19)14-4-6-15(26-3)7-5-14/h4-9,16-18H,10-13H2,1-3H3/t16-,17-,18-/m0/s1. The van der Waals surface area contributed by atoms with Crippen molar-refractivity contribution in [1.29, 1.82) is 0 Å². The number of benzene rings is 1. The van der Waals surface area contributed by atoms with Gasteiger partial charge in [0.05, 0.1) is 24.7 Å². The summed E-state index contributed by atoms with van der Waals surface area (Å²) in [7, 11) is 2.57. The first kappa shape index (κ1) is 18.5. The van der Waals surface area contributed by atoms with E-state index in [0.717, 1.165) is 23.8 Å². The molecule has 0 unspecified atom stereocenters. The number of imidazole rings is 1. The Balaban J connectivity index is 1.52. The number of aromatic nitrogens is 2. The Morgan fingerprint density at radius 3 is 2.63 bits per heavy atom. The van der Waals surface area contributed by atoms with Crippen LogP contribution in [0.4, 0.5) is 0 Å². The Morgan fingerprint density at radius 2 is 1.96 bits per heavy atom. The molecule has 3 heterocycles. The molecule has 0 bridgehead atoms. The van der Waals surface area contributed by atoms with Crippen molar-refractivity contribution in [3.8, 4) is 11.4 Å². The van der Waals surface area contributed by atoms with E-state index in [0.29, 0.717) is 13.1 Å². The van der Waals surface area contributed by atoms with Gasteiger partial charge in [-0.25, -0.2) is 13.4 Å². The van der Waals surface area contributed by atoms with Crippen LogP contribution in [-0.4, -0.2) is 79.1 Å². The summed E-state index contributed by atoms with van der Waals surface area (Å²) < 4.78 is 32.4. The van der Waals surface area contributed by atoms with Crippen molar-refractivity contribution in [2.24, 2.45) is 5.92 Å². The van der Waals surface area contributed by atoms with Gasteiger partial charge in [-0.1, -0.05) is 0 Å². The molecule has 2 saturated heterocycles. The van der Waals surface area contributed by atoms with Crippen LogP contribution in [0.2, 0.25) is 0 Å². The number of sulfone groups is 1. The van der Waals surface area contributed by atoms with Gasteiger partial charge in [-0.05, 0) is 38.4 Å². The van der Waals surface area contributed by atoms with Crippen molar-refractivity contribution in [2.45, 2.75) is 17.8 Å². The molecule has 0 saturated carbocycles. The highest BCUT2D eigenvalue weighted by Crippen LogP contribution is 2.36. The minimum absolute atomic E-state index is 0.103. The molecule has 146 valence electrons. The predicted molar refractivity (Wildman–Crippen MR) is 104 cm³/mol. The van der Waals surface area contributed by atoms with Crippen molar-refractivity contribution in [3.63, 3.8) is 0 Å². The molecule has 1 aromatic carbocycles. The second-order valence-corrected chi connectivity index (χ2v) is 9.93. The van der Waals surface area contributed by atoms with Gasteiger partial charge in [0.15, 0.2) is 9.84 Å². The predicted octanol–water partition coefficient (Wildman–Crippen LogP) is 1.04. The zero-order valence-electron chi connectivity index (χ0n) is 15.9. The number of hydrogen-bond acceptors (Lipinski definition) is 6. The number of ether oxygens (including phenoxy) is 1. The molecule has 0 spiro atoms. The van der Waals surface area contributed by atoms with E-state index in [1.165, 1.54) is 0 Å². The summed E-state index contributed by atoms with van der Waals surface area (Å²) in [6, 6.07) is 7.94. The van der Waals surface area contributed by atoms with E-state index in [-0.39, 0.29) is 23.0 Å². The van der Waals surface area contributed by atoms with Gasteiger partial charge >= 0.3 is 0 Å². The maximum atomic E-state index is 12.6. The van der Waals surface area contributed by atoms with Crippen molar-refractivity contribution < 1.29 is 13.2 Å². The third-order valence-corrected chi connectivity index (χ3v) is 8.07. The molecule has 3 atom stereocenters. The smallest absolute Gasteiger partial charge is 0.156 e. The maximum absolute atomic E-state index is 12.6. The van der Waals surface area contributed by atoms with Crippen LogP contribution in [0.15, 0.2) is 36.7 Å². The Kier molecular flexibility index (Phi) is 4.73. The lowest BCUT2D eigenvalue weighted by atomic mass is 10.00. The molecule has 0 aliphatic carbocycles. The van der Waals surface area contributed by atoms with Crippen molar-refractivity contribution >= 4 is 9.84 Å². The third-order valence-electron chi connectivity index (χ3n) is 5.84. The van der Waals surface area contributed by atoms with E-state index in [1.54, 1.807) is 13.3 Å². The Morgan fingerprint density at radius 1 is 1.22 bits per heavy atom. The van der Waals surface area contributed by atoms with Crippen LogP contribution in [0, 0.1) is 5.92 Å². The van der Waals surface area contributed by atoms with Gasteiger partial charge in [0, 0.05) is 43.1 Å². The van der Waals surface area contributed by atoms with Gasteiger partial charge in [0.2, 0.25) is 0 Å². The molecular weight excluding hydrogens is 364 g/mol. The first-order valence-electron chi connectivity index (χ1n) is 9.16. The average Bonchev–Trinajstić information content (AvgIpc) is 3.32. The van der Waals surface area contributed by atoms with Gasteiger partial charge < -0.3 is 14.2 Å². The van der Waals surface area contributed by atoms with E-state index < -0.39 is 9.84 Å². The van der Waals surface area contributed by atoms with Gasteiger partial charge in [0.1, 0.15) is 11.6 Å². The van der Waals surface area contributed by atoms with Crippen LogP contribution in [-0.2, 0) is 16.4 Å². The molecule has 0 radical (unpaired) electrons. The summed E-state index contributed by atoms with van der Waals surface area (Å²) in [6.07, 6.45) is 3.73. The molecule has 1 aromatic heterocycles. The number of rotatable bonds is 5. The van der Waals surface area contributed by atoms with Gasteiger partial charge in [-0.2, -0.15) is 0 Å². The van der Waals surface area contributed by atoms with Crippen LogP contribution < -0.4 is 4.74 Å². The average molecular weight is 391 g/mol. The molecule has 7 nitrogen and oxygen atoms in total. The van der Waals surface area contributed by atoms with Crippen molar-refractivity contribution in [1.82, 2.24) is 19.4 Å². The van der Waals surface area contributed by atoms with Crippen LogP contribution in [0.3, 0.4) is 0 Å². The summed E-state index contributed by atoms with van der Waals surface area (Å²) in [4.78, 5) is 8.80. The second-order valence-electron chi connectivity index (χ2n) is 7.67. The molecule has 27 heavy (non-hydrogen) atoms. The number of likely N-dealkylation sites (tertiary alicyclic amines) is 1. The molecular formula is C19H26N4O3S. The lowest BCUT2D eigenvalue weighted by Crippen LogP contribution is -2.37. The van der Waals surface area contributed by atoms with E-state index in [1.807, 2.05) is 49.1 Å². The summed E-state index contributed by atoms with van der Waals surface area (Å²) in [5, 5.41) is -0.255. The quantitative estimate of drug-likeness (QED) is 0.760. The van der Waals surface area contributed by atoms with Gasteiger partial charge in [-0.15, -0.1) is 0 Å². The van der Waals surface area contributed by atoms with Crippen LogP contribution in [0.5, 0.6) is 5.75 Å². The lowest BCUT2D eigenvalue weighted by molar-refractivity contribution is 0.227. The van der Waals surface area contributed by atoms with Crippen LogP contribution in [0.25, 0.3) is 5.69 Å². The van der Waals surface area contributed by atoms with Gasteiger partial charge in [-0.3, -0.25) is 4.90 Å². The van der Waals surface area contributed by atoms with E-state index >= 15 is 0 Å². The fraction of sp³-hybridized carbons (Fsp3) is 0.526. The minimum Gasteiger partial charge on any atom is -0.497 e. The van der Waals surface area contributed by atoms with Crippen LogP contribution in [0.1, 0.15) is 5.82 Å². The van der Waals surface area contributed by atoms with E-state index in [9.17, 15) is 8.42 Å². The highest BCUT2D eigenvalue weighted by molar-refractivity contribution is 7.92. The fourth-order valence-electron chi connectivity index (χ4n) is 4.40. The van der Waals surface area contributed by atoms with Crippen LogP contribution >= 0.6 is 0 Å². The maximum Gasteiger partial charge on any atom is 0.156 e. The Labute approximate surface area is 160 Å². The fourth-order valence-corrected chi connectivity index (χ4v) is 6.91. The monoisotopic (exact) mass is 390 g/mol. The molecule has 8 heteroatoms. The third kappa shape index (κ3) is 3.37. The molecule has 2 aliphatic rings. The summed E-state index contributed by atoms with van der Waals surface area (Å²) in [5.74, 6) is 2.19. The molecule has 0 N–H and O–H groups in total. The molecule has 4 rings (SSSR count). The summed E-state index contributed by atoms with van der Waals surface area (Å²) >= 11 is 0. The zero-order chi connectivity index (χ0) is 19.2. The van der Waals surface area contributed by atoms with Crippen molar-refractivity contribution in [3.05, 3.63) is 42.5 Å². The van der Waals surface area contributed by atoms with E-state index in [4.69, 9.17) is 4.74 Å². The minimum atomic E-state index is -3.02. The van der Waals surface area contributed by atoms with E-state index in [2.05, 4.69) is 14.8 Å². The Bertz CT molecular complexity index is 907. The number of hydrogen-bond donors (Lipinski definition) is 0. The SMILES string of the molecule is COc1ccc(-n2ccnc2CN2C[C@H]3[C@@H](N(C)C)CS(=O)(=O)[C@H]3C2)cc1. The Hall–Kier alpha value is -1.90. The summed E-state index contributed by atoms with van der Waals surface area (Å²) in [5.41, 5.74) is 1.02. The highest BCUT2D eigenvalue weighted by Gasteiger charge is 2.52. The molecule has 2 fully saturated rings. The molecule has 0 amide bonds. The highest BCUT2D eigenvalue weighted by atomic mass is 32.2. The normalized spacial score (nSPS) is 27.2. The number of nitrogens with zero attached hydrogens (tertiary/aromatic N) is 4. The molecule has 2 aliphatic heterocycles. The number of fused-ring (bicyclic) bond motifs is 1. The number of methoxy groups -OCH3 is 1. The first-order valence-corrected chi connectivity index (χ1v) is 10.9. The van der Waals surface area contributed by atoms with Gasteiger partial charge in [0.25, 0.3) is 0 Å². The lowest BCUT2D eigenvalue weighted by Gasteiger charge is -2.25. The summed E-state index contributed by atoms with van der Waals surface area (Å²) in [6.45, 7) is 2.02.